The fraction of sp³-hybridized carbons (Fsp3) is 0.278. The minimum absolute atomic E-state index is 0.0407. The van der Waals surface area contributed by atoms with Gasteiger partial charge in [-0.1, -0.05) is 35.9 Å². The largest absolute Gasteiger partial charge is 0.507 e. The molecule has 2 aromatic carbocycles. The van der Waals surface area contributed by atoms with Crippen LogP contribution in [0.5, 0.6) is 5.75 Å². The minimum Gasteiger partial charge on any atom is -0.507 e. The van der Waals surface area contributed by atoms with Gasteiger partial charge in [-0.15, -0.1) is 0 Å². The summed E-state index contributed by atoms with van der Waals surface area (Å²) in [6.07, 6.45) is -1.46. The molecule has 2 N–H and O–H groups in total. The third kappa shape index (κ3) is 1.88. The molecule has 0 heterocycles. The molecular formula is C18H13ClO5. The van der Waals surface area contributed by atoms with Gasteiger partial charge in [0.15, 0.2) is 11.6 Å². The number of phenolic OH excluding ortho intramolecular Hbond substituents is 1. The summed E-state index contributed by atoms with van der Waals surface area (Å²) in [6, 6.07) is 6.67. The summed E-state index contributed by atoms with van der Waals surface area (Å²) in [7, 11) is 0. The van der Waals surface area contributed by atoms with E-state index in [4.69, 9.17) is 11.6 Å². The van der Waals surface area contributed by atoms with Crippen LogP contribution in [0.3, 0.4) is 0 Å². The highest BCUT2D eigenvalue weighted by Gasteiger charge is 2.50. The van der Waals surface area contributed by atoms with Crippen LogP contribution < -0.4 is 0 Å². The molecule has 0 aromatic heterocycles. The monoisotopic (exact) mass is 344 g/mol. The van der Waals surface area contributed by atoms with Crippen LogP contribution in [0, 0.1) is 11.8 Å². The van der Waals surface area contributed by atoms with Gasteiger partial charge in [0.25, 0.3) is 0 Å². The minimum atomic E-state index is -1.22. The maximum Gasteiger partial charge on any atom is 0.173 e. The average Bonchev–Trinajstić information content (AvgIpc) is 2.55. The van der Waals surface area contributed by atoms with Crippen LogP contribution in [0.4, 0.5) is 0 Å². The van der Waals surface area contributed by atoms with E-state index in [1.807, 2.05) is 0 Å². The van der Waals surface area contributed by atoms with E-state index in [1.54, 1.807) is 24.3 Å². The van der Waals surface area contributed by atoms with Crippen molar-refractivity contribution in [1.82, 2.24) is 0 Å². The third-order valence-corrected chi connectivity index (χ3v) is 5.38. The molecule has 1 fully saturated rings. The second kappa shape index (κ2) is 5.13. The van der Waals surface area contributed by atoms with Crippen molar-refractivity contribution < 1.29 is 24.6 Å². The number of phenols is 1. The normalized spacial score (nSPS) is 26.4. The fourth-order valence-corrected chi connectivity index (χ4v) is 4.25. The lowest BCUT2D eigenvalue weighted by Gasteiger charge is -2.37. The van der Waals surface area contributed by atoms with E-state index in [0.717, 1.165) is 0 Å². The Hall–Kier alpha value is -2.24. The summed E-state index contributed by atoms with van der Waals surface area (Å²) < 4.78 is 0. The van der Waals surface area contributed by atoms with Gasteiger partial charge in [-0.2, -0.15) is 0 Å². The number of ketones is 3. The van der Waals surface area contributed by atoms with Crippen molar-refractivity contribution in [3.8, 4) is 5.75 Å². The summed E-state index contributed by atoms with van der Waals surface area (Å²) in [6.45, 7) is 0. The number of Topliss-reactive ketones (excluding diaryl/α,β-unsaturated/α-hetero) is 3. The average molecular weight is 345 g/mol. The summed E-state index contributed by atoms with van der Waals surface area (Å²) in [5.41, 5.74) is -0.181. The third-order valence-electron chi connectivity index (χ3n) is 4.99. The molecule has 2 aliphatic rings. The fourth-order valence-electron chi connectivity index (χ4n) is 3.90. The Bertz CT molecular complexity index is 933. The number of aliphatic hydroxyl groups excluding tert-OH is 1. The lowest BCUT2D eigenvalue weighted by atomic mass is 9.65. The van der Waals surface area contributed by atoms with Crippen LogP contribution in [-0.4, -0.2) is 33.7 Å². The smallest absolute Gasteiger partial charge is 0.173 e. The highest BCUT2D eigenvalue weighted by Crippen LogP contribution is 2.47. The molecule has 2 aromatic rings. The number of halogens is 1. The number of aliphatic hydroxyl groups is 1. The zero-order valence-electron chi connectivity index (χ0n) is 12.5. The molecule has 0 amide bonds. The Balaban J connectivity index is 2.05. The van der Waals surface area contributed by atoms with Crippen molar-refractivity contribution in [1.29, 1.82) is 0 Å². The first-order valence-electron chi connectivity index (χ1n) is 7.63. The Morgan fingerprint density at radius 3 is 2.33 bits per heavy atom. The predicted molar refractivity (Wildman–Crippen MR) is 86.5 cm³/mol. The Morgan fingerprint density at radius 2 is 1.62 bits per heavy atom. The number of benzene rings is 2. The number of carbonyl (C=O) groups is 3. The van der Waals surface area contributed by atoms with Crippen molar-refractivity contribution in [2.24, 2.45) is 11.8 Å². The maximum absolute atomic E-state index is 12.9. The molecule has 0 bridgehead atoms. The number of carbonyl (C=O) groups excluding carboxylic acids is 3. The van der Waals surface area contributed by atoms with E-state index < -0.39 is 29.5 Å². The standard InChI is InChI=1S/C18H13ClO5/c19-15-8-3-1-2-4-9(8)16(22)14-13(15)17(23)10-5-7(20)6-11(21)12(10)18(14)24/h1-4,10-12,21-22H,5-6H2/t10-,11-,12+/m0/s1. The SMILES string of the molecule is O=C1C[C@@H]2C(=O)c3c(c(O)c4ccccc4c3Cl)C(=O)[C@H]2[C@@H](O)C1. The van der Waals surface area contributed by atoms with Gasteiger partial charge >= 0.3 is 0 Å². The van der Waals surface area contributed by atoms with Crippen LogP contribution in [0.1, 0.15) is 33.6 Å². The lowest BCUT2D eigenvalue weighted by Crippen LogP contribution is -2.48. The first kappa shape index (κ1) is 15.3. The van der Waals surface area contributed by atoms with Gasteiger partial charge in [0.05, 0.1) is 28.2 Å². The first-order valence-corrected chi connectivity index (χ1v) is 8.01. The highest BCUT2D eigenvalue weighted by atomic mass is 35.5. The first-order chi connectivity index (χ1) is 11.4. The summed E-state index contributed by atoms with van der Waals surface area (Å²) in [4.78, 5) is 37.5. The molecule has 5 nitrogen and oxygen atoms in total. The number of aromatic hydroxyl groups is 1. The van der Waals surface area contributed by atoms with E-state index in [2.05, 4.69) is 0 Å². The molecule has 3 atom stereocenters. The molecular weight excluding hydrogens is 332 g/mol. The molecule has 0 aliphatic heterocycles. The molecule has 0 radical (unpaired) electrons. The quantitative estimate of drug-likeness (QED) is 0.766. The van der Waals surface area contributed by atoms with E-state index in [9.17, 15) is 24.6 Å². The summed E-state index contributed by atoms with van der Waals surface area (Å²) >= 11 is 6.36. The van der Waals surface area contributed by atoms with Crippen molar-refractivity contribution in [2.75, 3.05) is 0 Å². The number of fused-ring (bicyclic) bond motifs is 3. The van der Waals surface area contributed by atoms with Crippen molar-refractivity contribution in [3.63, 3.8) is 0 Å². The number of hydrogen-bond donors (Lipinski definition) is 2. The van der Waals surface area contributed by atoms with Crippen molar-refractivity contribution in [2.45, 2.75) is 18.9 Å². The van der Waals surface area contributed by atoms with Gasteiger partial charge in [0, 0.05) is 29.5 Å². The van der Waals surface area contributed by atoms with Gasteiger partial charge in [0.2, 0.25) is 0 Å². The van der Waals surface area contributed by atoms with Crippen LogP contribution in [0.2, 0.25) is 5.02 Å². The van der Waals surface area contributed by atoms with Crippen molar-refractivity contribution in [3.05, 3.63) is 40.4 Å². The number of rotatable bonds is 0. The molecule has 6 heteroatoms. The van der Waals surface area contributed by atoms with Gasteiger partial charge in [-0.25, -0.2) is 0 Å². The Labute approximate surface area is 141 Å². The lowest BCUT2D eigenvalue weighted by molar-refractivity contribution is -0.125. The zero-order chi connectivity index (χ0) is 17.2. The summed E-state index contributed by atoms with van der Waals surface area (Å²) in [5, 5.41) is 21.7. The van der Waals surface area contributed by atoms with E-state index in [1.165, 1.54) is 0 Å². The van der Waals surface area contributed by atoms with Crippen LogP contribution in [-0.2, 0) is 4.79 Å². The van der Waals surface area contributed by atoms with Gasteiger partial charge < -0.3 is 10.2 Å². The van der Waals surface area contributed by atoms with E-state index in [0.29, 0.717) is 10.8 Å². The molecule has 0 spiro atoms. The van der Waals surface area contributed by atoms with Crippen LogP contribution in [0.25, 0.3) is 10.8 Å². The molecule has 122 valence electrons. The van der Waals surface area contributed by atoms with Crippen LogP contribution in [0.15, 0.2) is 24.3 Å². The molecule has 2 aliphatic carbocycles. The maximum atomic E-state index is 12.9. The topological polar surface area (TPSA) is 91.7 Å². The van der Waals surface area contributed by atoms with Gasteiger partial charge in [-0.3, -0.25) is 14.4 Å². The number of hydrogen-bond acceptors (Lipinski definition) is 5. The van der Waals surface area contributed by atoms with E-state index in [-0.39, 0.29) is 40.5 Å². The zero-order valence-corrected chi connectivity index (χ0v) is 13.2. The van der Waals surface area contributed by atoms with Crippen LogP contribution >= 0.6 is 11.6 Å². The van der Waals surface area contributed by atoms with Gasteiger partial charge in [-0.05, 0) is 0 Å². The Kier molecular flexibility index (Phi) is 3.27. The van der Waals surface area contributed by atoms with E-state index >= 15 is 0 Å². The molecule has 1 saturated carbocycles. The Morgan fingerprint density at radius 1 is 0.958 bits per heavy atom. The molecule has 24 heavy (non-hydrogen) atoms. The molecule has 4 rings (SSSR count). The molecule has 0 unspecified atom stereocenters. The summed E-state index contributed by atoms with van der Waals surface area (Å²) in [5.74, 6) is -3.47. The second-order valence-electron chi connectivity index (χ2n) is 6.33. The predicted octanol–water partition coefficient (Wildman–Crippen LogP) is 2.53. The second-order valence-corrected chi connectivity index (χ2v) is 6.71. The van der Waals surface area contributed by atoms with Crippen molar-refractivity contribution >= 4 is 39.7 Å². The molecule has 0 saturated heterocycles. The highest BCUT2D eigenvalue weighted by molar-refractivity contribution is 6.41. The van der Waals surface area contributed by atoms with Gasteiger partial charge in [0.1, 0.15) is 11.5 Å².